The molecule has 4 atom stereocenters. The van der Waals surface area contributed by atoms with E-state index in [0.29, 0.717) is 4.90 Å². The number of terminal acetylenes is 1. The summed E-state index contributed by atoms with van der Waals surface area (Å²) in [4.78, 5) is 22.8. The van der Waals surface area contributed by atoms with Gasteiger partial charge in [-0.15, -0.1) is 6.42 Å². The van der Waals surface area contributed by atoms with Crippen LogP contribution < -0.4 is 5.32 Å². The molecular weight excluding hydrogens is 302 g/mol. The molecule has 0 spiro atoms. The van der Waals surface area contributed by atoms with Gasteiger partial charge >= 0.3 is 0 Å². The van der Waals surface area contributed by atoms with Crippen LogP contribution in [0.1, 0.15) is 6.92 Å². The summed E-state index contributed by atoms with van der Waals surface area (Å²) < 4.78 is 33.5. The van der Waals surface area contributed by atoms with E-state index in [1.807, 2.05) is 5.32 Å². The first-order valence-corrected chi connectivity index (χ1v) is 6.21. The molecule has 0 saturated carbocycles. The smallest absolute Gasteiger partial charge is 0.282 e. The highest BCUT2D eigenvalue weighted by molar-refractivity contribution is 5.92. The summed E-state index contributed by atoms with van der Waals surface area (Å²) in [6, 6.07) is 0. The van der Waals surface area contributed by atoms with Gasteiger partial charge in [0.25, 0.3) is 5.91 Å². The number of alkyl halides is 1. The van der Waals surface area contributed by atoms with Crippen LogP contribution in [-0.4, -0.2) is 65.2 Å². The van der Waals surface area contributed by atoms with Crippen LogP contribution in [0.2, 0.25) is 0 Å². The first-order chi connectivity index (χ1) is 10.3. The number of hydrogen-bond acceptors (Lipinski definition) is 5. The Morgan fingerprint density at radius 2 is 2.23 bits per heavy atom. The molecule has 1 saturated heterocycles. The zero-order chi connectivity index (χ0) is 17.1. The number of halogens is 2. The highest BCUT2D eigenvalue weighted by Gasteiger charge is 2.56. The number of aliphatic hydroxyl groups is 2. The monoisotopic (exact) mass is 318 g/mol. The molecule has 0 aromatic rings. The van der Waals surface area contributed by atoms with Gasteiger partial charge in [-0.05, 0) is 12.8 Å². The number of nitrogens with zero attached hydrogens (tertiary/aromatic N) is 1. The number of nitrogens with one attached hydrogen (secondary N) is 1. The molecule has 1 rings (SSSR count). The van der Waals surface area contributed by atoms with Gasteiger partial charge in [0.05, 0.1) is 6.61 Å². The third-order valence-electron chi connectivity index (χ3n) is 3.29. The molecular formula is C13H16F2N2O5. The molecule has 0 bridgehead atoms. The van der Waals surface area contributed by atoms with Gasteiger partial charge in [0, 0.05) is 7.05 Å². The first-order valence-electron chi connectivity index (χ1n) is 6.21. The van der Waals surface area contributed by atoms with Crippen molar-refractivity contribution in [2.45, 2.75) is 31.0 Å². The SMILES string of the molecule is C#C/C(=C(\F)C(=O)NC)N(C=O)C1OC(CO)C(O)C1(C)F. The van der Waals surface area contributed by atoms with Crippen LogP contribution in [0.4, 0.5) is 8.78 Å². The van der Waals surface area contributed by atoms with Gasteiger partial charge in [-0.3, -0.25) is 14.5 Å². The summed E-state index contributed by atoms with van der Waals surface area (Å²) in [6.45, 7) is 0.178. The van der Waals surface area contributed by atoms with Gasteiger partial charge in [-0.2, -0.15) is 4.39 Å². The van der Waals surface area contributed by atoms with Crippen molar-refractivity contribution < 1.29 is 33.3 Å². The zero-order valence-corrected chi connectivity index (χ0v) is 11.9. The molecule has 1 aliphatic heterocycles. The molecule has 122 valence electrons. The highest BCUT2D eigenvalue weighted by atomic mass is 19.1. The quantitative estimate of drug-likeness (QED) is 0.336. The Bertz CT molecular complexity index is 529. The number of allylic oxidation sites excluding steroid dienone is 1. The van der Waals surface area contributed by atoms with Crippen molar-refractivity contribution in [3.8, 4) is 12.3 Å². The van der Waals surface area contributed by atoms with Crippen LogP contribution in [-0.2, 0) is 14.3 Å². The minimum absolute atomic E-state index is 0.0211. The molecule has 2 amide bonds. The van der Waals surface area contributed by atoms with E-state index in [9.17, 15) is 23.5 Å². The lowest BCUT2D eigenvalue weighted by atomic mass is 9.98. The van der Waals surface area contributed by atoms with Crippen LogP contribution in [0.15, 0.2) is 11.5 Å². The number of amides is 2. The van der Waals surface area contributed by atoms with E-state index in [-0.39, 0.29) is 6.41 Å². The summed E-state index contributed by atoms with van der Waals surface area (Å²) >= 11 is 0. The predicted molar refractivity (Wildman–Crippen MR) is 70.2 cm³/mol. The van der Waals surface area contributed by atoms with E-state index < -0.39 is 48.1 Å². The lowest BCUT2D eigenvalue weighted by Crippen LogP contribution is -2.49. The molecule has 3 N–H and O–H groups in total. The van der Waals surface area contributed by atoms with Crippen molar-refractivity contribution in [3.05, 3.63) is 11.5 Å². The van der Waals surface area contributed by atoms with E-state index in [0.717, 1.165) is 14.0 Å². The molecule has 1 aliphatic rings. The minimum atomic E-state index is -2.54. The maximum atomic E-state index is 14.6. The molecule has 0 aromatic carbocycles. The summed E-state index contributed by atoms with van der Waals surface area (Å²) in [7, 11) is 1.14. The molecule has 1 fully saturated rings. The number of rotatable bonds is 5. The van der Waals surface area contributed by atoms with Gasteiger partial charge in [-0.25, -0.2) is 4.39 Å². The van der Waals surface area contributed by atoms with Crippen LogP contribution in [0, 0.1) is 12.3 Å². The van der Waals surface area contributed by atoms with Crippen molar-refractivity contribution in [3.63, 3.8) is 0 Å². The summed E-state index contributed by atoms with van der Waals surface area (Å²) in [5, 5.41) is 20.7. The average molecular weight is 318 g/mol. The zero-order valence-electron chi connectivity index (χ0n) is 11.9. The molecule has 22 heavy (non-hydrogen) atoms. The van der Waals surface area contributed by atoms with E-state index in [1.54, 1.807) is 5.92 Å². The third-order valence-corrected chi connectivity index (χ3v) is 3.29. The lowest BCUT2D eigenvalue weighted by molar-refractivity contribution is -0.137. The van der Waals surface area contributed by atoms with Crippen molar-refractivity contribution in [1.82, 2.24) is 10.2 Å². The number of aliphatic hydroxyl groups excluding tert-OH is 2. The van der Waals surface area contributed by atoms with E-state index in [2.05, 4.69) is 0 Å². The lowest BCUT2D eigenvalue weighted by Gasteiger charge is -2.31. The van der Waals surface area contributed by atoms with Gasteiger partial charge in [0.2, 0.25) is 12.2 Å². The summed E-state index contributed by atoms with van der Waals surface area (Å²) in [5.74, 6) is -0.920. The second-order valence-electron chi connectivity index (χ2n) is 4.70. The summed E-state index contributed by atoms with van der Waals surface area (Å²) in [6.07, 6.45) is 0.154. The third kappa shape index (κ3) is 2.94. The van der Waals surface area contributed by atoms with E-state index in [1.165, 1.54) is 0 Å². The molecule has 0 aliphatic carbocycles. The maximum absolute atomic E-state index is 14.6. The Morgan fingerprint density at radius 1 is 1.64 bits per heavy atom. The number of likely N-dealkylation sites (N-methyl/N-ethyl adjacent to an activating group) is 1. The van der Waals surface area contributed by atoms with Crippen LogP contribution in [0.3, 0.4) is 0 Å². The molecule has 0 radical (unpaired) electrons. The Balaban J connectivity index is 3.29. The number of carbonyl (C=O) groups excluding carboxylic acids is 2. The minimum Gasteiger partial charge on any atom is -0.394 e. The maximum Gasteiger partial charge on any atom is 0.282 e. The van der Waals surface area contributed by atoms with E-state index >= 15 is 0 Å². The molecule has 7 nitrogen and oxygen atoms in total. The van der Waals surface area contributed by atoms with Crippen molar-refractivity contribution in [2.75, 3.05) is 13.7 Å². The highest BCUT2D eigenvalue weighted by Crippen LogP contribution is 2.37. The molecule has 0 aromatic heterocycles. The fourth-order valence-corrected chi connectivity index (χ4v) is 2.06. The van der Waals surface area contributed by atoms with Gasteiger partial charge in [-0.1, -0.05) is 0 Å². The Kier molecular flexibility index (Phi) is 5.59. The molecule has 1 heterocycles. The Labute approximate surface area is 125 Å². The van der Waals surface area contributed by atoms with Crippen LogP contribution in [0.5, 0.6) is 0 Å². The average Bonchev–Trinajstić information content (AvgIpc) is 2.73. The predicted octanol–water partition coefficient (Wildman–Crippen LogP) is -1.19. The molecule has 9 heteroatoms. The molecule has 4 unspecified atom stereocenters. The normalized spacial score (nSPS) is 32.0. The van der Waals surface area contributed by atoms with Crippen molar-refractivity contribution in [2.24, 2.45) is 0 Å². The Morgan fingerprint density at radius 3 is 2.59 bits per heavy atom. The fourth-order valence-electron chi connectivity index (χ4n) is 2.06. The number of carbonyl (C=O) groups is 2. The van der Waals surface area contributed by atoms with E-state index in [4.69, 9.17) is 16.3 Å². The Hall–Kier alpha value is -2.02. The topological polar surface area (TPSA) is 99.1 Å². The fraction of sp³-hybridized carbons (Fsp3) is 0.538. The second-order valence-corrected chi connectivity index (χ2v) is 4.70. The summed E-state index contributed by atoms with van der Waals surface area (Å²) in [5.41, 5.74) is -3.40. The second kappa shape index (κ2) is 6.83. The van der Waals surface area contributed by atoms with Gasteiger partial charge in [0.1, 0.15) is 17.9 Å². The van der Waals surface area contributed by atoms with Crippen LogP contribution in [0.25, 0.3) is 0 Å². The van der Waals surface area contributed by atoms with Crippen molar-refractivity contribution >= 4 is 12.3 Å². The standard InChI is InChI=1S/C13H16F2N2O5/c1-4-7(9(14)11(21)16-3)17(6-19)12-13(2,15)10(20)8(5-18)22-12/h1,6,8,10,12,18,20H,5H2,2-3H3,(H,16,21)/b9-7+. The number of ether oxygens (including phenoxy) is 1. The van der Waals surface area contributed by atoms with Gasteiger partial charge < -0.3 is 20.3 Å². The largest absolute Gasteiger partial charge is 0.394 e. The van der Waals surface area contributed by atoms with Gasteiger partial charge in [0.15, 0.2) is 11.9 Å². The first kappa shape index (κ1) is 18.0. The van der Waals surface area contributed by atoms with Crippen molar-refractivity contribution in [1.29, 1.82) is 0 Å². The number of hydrogen-bond donors (Lipinski definition) is 3. The van der Waals surface area contributed by atoms with Crippen LogP contribution >= 0.6 is 0 Å².